The molecule has 4 aromatic carbocycles. The van der Waals surface area contributed by atoms with E-state index in [1.54, 1.807) is 4.90 Å². The molecular weight excluding hydrogens is 510 g/mol. The van der Waals surface area contributed by atoms with E-state index in [0.717, 1.165) is 52.2 Å². The Balaban J connectivity index is 1.29. The van der Waals surface area contributed by atoms with Crippen LogP contribution in [0.1, 0.15) is 36.0 Å². The Morgan fingerprint density at radius 2 is 1.49 bits per heavy atom. The van der Waals surface area contributed by atoms with Crippen molar-refractivity contribution in [2.75, 3.05) is 6.54 Å². The fourth-order valence-corrected chi connectivity index (χ4v) is 5.29. The average molecular weight is 548 g/mol. The zero-order valence-electron chi connectivity index (χ0n) is 23.5. The first-order valence-corrected chi connectivity index (χ1v) is 14.3. The second kappa shape index (κ2) is 13.3. The minimum absolute atomic E-state index is 0.0606. The Morgan fingerprint density at radius 3 is 2.20 bits per heavy atom. The van der Waals surface area contributed by atoms with Crippen molar-refractivity contribution in [3.63, 3.8) is 0 Å². The van der Waals surface area contributed by atoms with Gasteiger partial charge in [-0.05, 0) is 84.8 Å². The Labute approximate surface area is 242 Å². The molecule has 3 N–H and O–H groups in total. The van der Waals surface area contributed by atoms with Gasteiger partial charge in [0, 0.05) is 13.0 Å². The van der Waals surface area contributed by atoms with Crippen molar-refractivity contribution in [3.05, 3.63) is 120 Å². The van der Waals surface area contributed by atoms with Gasteiger partial charge >= 0.3 is 0 Å². The SMILES string of the molecule is Cc1cccc(Oc2ccc(CC3NC(=O)C(CCCCN)N(Cc4ccc(-c5ccccc5)cc4)C3=O)cc2)c1. The monoisotopic (exact) mass is 547 g/mol. The molecule has 6 heteroatoms. The van der Waals surface area contributed by atoms with Gasteiger partial charge in [-0.2, -0.15) is 0 Å². The molecule has 1 saturated heterocycles. The van der Waals surface area contributed by atoms with E-state index in [2.05, 4.69) is 29.6 Å². The summed E-state index contributed by atoms with van der Waals surface area (Å²) in [5.41, 5.74) is 11.0. The molecule has 2 amide bonds. The van der Waals surface area contributed by atoms with Crippen LogP contribution >= 0.6 is 0 Å². The number of amides is 2. The number of ether oxygens (including phenoxy) is 1. The zero-order valence-corrected chi connectivity index (χ0v) is 23.5. The van der Waals surface area contributed by atoms with Gasteiger partial charge in [0.1, 0.15) is 23.6 Å². The molecule has 0 radical (unpaired) electrons. The maximum atomic E-state index is 13.8. The van der Waals surface area contributed by atoms with Gasteiger partial charge in [-0.25, -0.2) is 0 Å². The smallest absolute Gasteiger partial charge is 0.246 e. The van der Waals surface area contributed by atoms with Crippen molar-refractivity contribution < 1.29 is 14.3 Å². The molecule has 210 valence electrons. The van der Waals surface area contributed by atoms with Gasteiger partial charge in [-0.3, -0.25) is 9.59 Å². The van der Waals surface area contributed by atoms with E-state index in [1.165, 1.54) is 0 Å². The molecule has 0 aromatic heterocycles. The summed E-state index contributed by atoms with van der Waals surface area (Å²) in [6.07, 6.45) is 2.61. The van der Waals surface area contributed by atoms with Crippen molar-refractivity contribution in [2.45, 2.75) is 51.2 Å². The molecule has 41 heavy (non-hydrogen) atoms. The molecule has 1 fully saturated rings. The Hall–Kier alpha value is -4.42. The highest BCUT2D eigenvalue weighted by molar-refractivity contribution is 5.97. The van der Waals surface area contributed by atoms with Crippen LogP contribution in [-0.2, 0) is 22.6 Å². The molecule has 1 aliphatic rings. The second-order valence-corrected chi connectivity index (χ2v) is 10.7. The third-order valence-electron chi connectivity index (χ3n) is 7.51. The van der Waals surface area contributed by atoms with Crippen molar-refractivity contribution >= 4 is 11.8 Å². The number of carbonyl (C=O) groups is 2. The molecule has 0 saturated carbocycles. The summed E-state index contributed by atoms with van der Waals surface area (Å²) in [4.78, 5) is 28.9. The molecule has 1 heterocycles. The summed E-state index contributed by atoms with van der Waals surface area (Å²) in [7, 11) is 0. The summed E-state index contributed by atoms with van der Waals surface area (Å²) in [5.74, 6) is 1.33. The van der Waals surface area contributed by atoms with E-state index in [4.69, 9.17) is 10.5 Å². The fraction of sp³-hybridized carbons (Fsp3) is 0.257. The van der Waals surface area contributed by atoms with Crippen LogP contribution in [0.15, 0.2) is 103 Å². The molecule has 5 rings (SSSR count). The predicted octanol–water partition coefficient (Wildman–Crippen LogP) is 6.02. The van der Waals surface area contributed by atoms with Gasteiger partial charge in [0.05, 0.1) is 0 Å². The zero-order chi connectivity index (χ0) is 28.6. The van der Waals surface area contributed by atoms with Gasteiger partial charge in [-0.15, -0.1) is 0 Å². The van der Waals surface area contributed by atoms with Crippen LogP contribution in [0.5, 0.6) is 11.5 Å². The summed E-state index contributed by atoms with van der Waals surface area (Å²) >= 11 is 0. The molecule has 2 unspecified atom stereocenters. The molecule has 4 aromatic rings. The third kappa shape index (κ3) is 7.21. The fourth-order valence-electron chi connectivity index (χ4n) is 5.29. The summed E-state index contributed by atoms with van der Waals surface area (Å²) in [5, 5.41) is 3.01. The molecule has 0 spiro atoms. The number of nitrogens with one attached hydrogen (secondary N) is 1. The number of hydrogen-bond acceptors (Lipinski definition) is 4. The van der Waals surface area contributed by atoms with Crippen molar-refractivity contribution in [3.8, 4) is 22.6 Å². The average Bonchev–Trinajstić information content (AvgIpc) is 2.99. The maximum Gasteiger partial charge on any atom is 0.246 e. The normalized spacial score (nSPS) is 16.9. The van der Waals surface area contributed by atoms with Crippen LogP contribution in [0.25, 0.3) is 11.1 Å². The number of nitrogens with two attached hydrogens (primary N) is 1. The highest BCUT2D eigenvalue weighted by Crippen LogP contribution is 2.26. The van der Waals surface area contributed by atoms with Crippen LogP contribution in [0, 0.1) is 6.92 Å². The quantitative estimate of drug-likeness (QED) is 0.225. The van der Waals surface area contributed by atoms with E-state index in [9.17, 15) is 9.59 Å². The van der Waals surface area contributed by atoms with Gasteiger partial charge in [0.25, 0.3) is 0 Å². The highest BCUT2D eigenvalue weighted by atomic mass is 16.5. The number of carbonyl (C=O) groups excluding carboxylic acids is 2. The lowest BCUT2D eigenvalue weighted by molar-refractivity contribution is -0.150. The van der Waals surface area contributed by atoms with E-state index in [-0.39, 0.29) is 11.8 Å². The lowest BCUT2D eigenvalue weighted by atomic mass is 9.96. The molecule has 2 atom stereocenters. The molecule has 0 aliphatic carbocycles. The topological polar surface area (TPSA) is 84.7 Å². The minimum Gasteiger partial charge on any atom is -0.457 e. The maximum absolute atomic E-state index is 13.8. The van der Waals surface area contributed by atoms with E-state index in [1.807, 2.05) is 85.8 Å². The van der Waals surface area contributed by atoms with Crippen LogP contribution in [0.2, 0.25) is 0 Å². The van der Waals surface area contributed by atoms with Crippen LogP contribution in [0.3, 0.4) is 0 Å². The molecule has 0 bridgehead atoms. The summed E-state index contributed by atoms with van der Waals surface area (Å²) in [6, 6.07) is 32.9. The van der Waals surface area contributed by atoms with Crippen molar-refractivity contribution in [2.24, 2.45) is 5.73 Å². The lowest BCUT2D eigenvalue weighted by Gasteiger charge is -2.39. The van der Waals surface area contributed by atoms with Gasteiger partial charge in [-0.1, -0.05) is 78.9 Å². The first-order chi connectivity index (χ1) is 20.0. The van der Waals surface area contributed by atoms with Gasteiger partial charge in [0.15, 0.2) is 0 Å². The number of piperazine rings is 1. The van der Waals surface area contributed by atoms with Crippen LogP contribution in [-0.4, -0.2) is 35.3 Å². The van der Waals surface area contributed by atoms with Crippen LogP contribution < -0.4 is 15.8 Å². The number of rotatable bonds is 11. The first-order valence-electron chi connectivity index (χ1n) is 14.3. The van der Waals surface area contributed by atoms with Crippen molar-refractivity contribution in [1.29, 1.82) is 0 Å². The number of unbranched alkanes of at least 4 members (excludes halogenated alkanes) is 1. The standard InChI is InChI=1S/C35H37N3O3/c1-25-8-7-11-31(22-25)41-30-19-15-26(16-20-30)23-32-35(40)38(33(34(39)37-32)12-5-6-21-36)24-27-13-17-29(18-14-27)28-9-3-2-4-10-28/h2-4,7-11,13-20,22,32-33H,5-6,12,21,23-24,36H2,1H3,(H,37,39). The first kappa shape index (κ1) is 28.1. The van der Waals surface area contributed by atoms with Gasteiger partial charge < -0.3 is 20.7 Å². The van der Waals surface area contributed by atoms with E-state index in [0.29, 0.717) is 25.9 Å². The molecular formula is C35H37N3O3. The van der Waals surface area contributed by atoms with E-state index < -0.39 is 12.1 Å². The van der Waals surface area contributed by atoms with Gasteiger partial charge in [0.2, 0.25) is 11.8 Å². The van der Waals surface area contributed by atoms with Crippen molar-refractivity contribution in [1.82, 2.24) is 10.2 Å². The summed E-state index contributed by atoms with van der Waals surface area (Å²) in [6.45, 7) is 2.97. The molecule has 1 aliphatic heterocycles. The third-order valence-corrected chi connectivity index (χ3v) is 7.51. The molecule has 6 nitrogen and oxygen atoms in total. The Morgan fingerprint density at radius 1 is 0.780 bits per heavy atom. The number of hydrogen-bond donors (Lipinski definition) is 2. The minimum atomic E-state index is -0.625. The number of aryl methyl sites for hydroxylation is 1. The number of benzene rings is 4. The van der Waals surface area contributed by atoms with Crippen LogP contribution in [0.4, 0.5) is 0 Å². The van der Waals surface area contributed by atoms with E-state index >= 15 is 0 Å². The Kier molecular flexibility index (Phi) is 9.12. The predicted molar refractivity (Wildman–Crippen MR) is 162 cm³/mol. The largest absolute Gasteiger partial charge is 0.457 e. The highest BCUT2D eigenvalue weighted by Gasteiger charge is 2.40. The number of nitrogens with zero attached hydrogens (tertiary/aromatic N) is 1. The second-order valence-electron chi connectivity index (χ2n) is 10.7. The lowest BCUT2D eigenvalue weighted by Crippen LogP contribution is -2.63. The Bertz CT molecular complexity index is 1450. The summed E-state index contributed by atoms with van der Waals surface area (Å²) < 4.78 is 5.97.